The smallest absolute Gasteiger partial charge is 0.291 e. The molecule has 18 heavy (non-hydrogen) atoms. The molecule has 7 heteroatoms. The molecule has 1 aliphatic rings. The molecule has 2 amide bonds. The van der Waals surface area contributed by atoms with Crippen LogP contribution in [-0.4, -0.2) is 39.6 Å². The highest BCUT2D eigenvalue weighted by Gasteiger charge is 2.22. The maximum Gasteiger partial charge on any atom is 0.291 e. The number of amides is 2. The quantitative estimate of drug-likeness (QED) is 0.700. The molecule has 7 nitrogen and oxygen atoms in total. The van der Waals surface area contributed by atoms with E-state index in [0.717, 1.165) is 0 Å². The number of aromatic amines is 1. The predicted octanol–water partition coefficient (Wildman–Crippen LogP) is -0.0635. The minimum Gasteiger partial charge on any atom is -0.354 e. The summed E-state index contributed by atoms with van der Waals surface area (Å²) in [5.74, 6) is 0.764. The zero-order valence-electron chi connectivity index (χ0n) is 10.5. The van der Waals surface area contributed by atoms with Crippen molar-refractivity contribution in [3.05, 3.63) is 11.6 Å². The lowest BCUT2D eigenvalue weighted by Crippen LogP contribution is -2.47. The van der Waals surface area contributed by atoms with E-state index in [-0.39, 0.29) is 29.6 Å². The third-order valence-corrected chi connectivity index (χ3v) is 2.85. The first-order valence-electron chi connectivity index (χ1n) is 6.06. The summed E-state index contributed by atoms with van der Waals surface area (Å²) in [6.45, 7) is 4.41. The van der Waals surface area contributed by atoms with Crippen LogP contribution in [0.3, 0.4) is 0 Å². The molecule has 1 aromatic heterocycles. The maximum absolute atomic E-state index is 11.9. The van der Waals surface area contributed by atoms with Gasteiger partial charge in [-0.3, -0.25) is 14.7 Å². The normalized spacial score (nSPS) is 19.7. The van der Waals surface area contributed by atoms with E-state index in [9.17, 15) is 9.59 Å². The zero-order chi connectivity index (χ0) is 13.1. The monoisotopic (exact) mass is 251 g/mol. The number of nitrogens with one attached hydrogen (secondary N) is 3. The fourth-order valence-corrected chi connectivity index (χ4v) is 1.74. The Hall–Kier alpha value is -1.92. The Labute approximate surface area is 105 Å². The lowest BCUT2D eigenvalue weighted by molar-refractivity contribution is -0.122. The van der Waals surface area contributed by atoms with Crippen molar-refractivity contribution in [2.24, 2.45) is 0 Å². The van der Waals surface area contributed by atoms with Crippen molar-refractivity contribution < 1.29 is 9.59 Å². The van der Waals surface area contributed by atoms with Crippen LogP contribution in [0.4, 0.5) is 0 Å². The van der Waals surface area contributed by atoms with E-state index >= 15 is 0 Å². The Balaban J connectivity index is 1.92. The summed E-state index contributed by atoms with van der Waals surface area (Å²) < 4.78 is 0. The fraction of sp³-hybridized carbons (Fsp3) is 0.636. The number of nitrogens with zero attached hydrogens (tertiary/aromatic N) is 2. The first-order valence-corrected chi connectivity index (χ1v) is 6.06. The average Bonchev–Trinajstić information content (AvgIpc) is 2.81. The molecule has 1 atom stereocenters. The first kappa shape index (κ1) is 12.5. The number of hydrogen-bond acceptors (Lipinski definition) is 4. The van der Waals surface area contributed by atoms with E-state index in [4.69, 9.17) is 0 Å². The van der Waals surface area contributed by atoms with Gasteiger partial charge in [0.25, 0.3) is 5.91 Å². The molecule has 1 saturated heterocycles. The van der Waals surface area contributed by atoms with E-state index in [1.54, 1.807) is 0 Å². The summed E-state index contributed by atoms with van der Waals surface area (Å²) in [6.07, 6.45) is 1.09. The minimum absolute atomic E-state index is 0.0282. The average molecular weight is 251 g/mol. The van der Waals surface area contributed by atoms with Crippen molar-refractivity contribution in [3.63, 3.8) is 0 Å². The van der Waals surface area contributed by atoms with E-state index in [1.165, 1.54) is 0 Å². The molecule has 1 fully saturated rings. The van der Waals surface area contributed by atoms with Gasteiger partial charge >= 0.3 is 0 Å². The number of H-pyrrole nitrogens is 1. The number of piperidine rings is 1. The molecule has 0 saturated carbocycles. The lowest BCUT2D eigenvalue weighted by atomic mass is 10.1. The molecule has 1 aromatic rings. The molecule has 1 aliphatic heterocycles. The van der Waals surface area contributed by atoms with Crippen molar-refractivity contribution in [1.82, 2.24) is 25.8 Å². The Morgan fingerprint density at radius 3 is 2.83 bits per heavy atom. The first-order chi connectivity index (χ1) is 8.56. The Morgan fingerprint density at radius 2 is 2.28 bits per heavy atom. The van der Waals surface area contributed by atoms with Crippen LogP contribution in [0.15, 0.2) is 0 Å². The number of rotatable bonds is 3. The number of aromatic nitrogens is 3. The van der Waals surface area contributed by atoms with Crippen LogP contribution < -0.4 is 10.6 Å². The van der Waals surface area contributed by atoms with E-state index in [2.05, 4.69) is 25.8 Å². The highest BCUT2D eigenvalue weighted by Crippen LogP contribution is 2.08. The van der Waals surface area contributed by atoms with Gasteiger partial charge in [-0.05, 0) is 6.42 Å². The molecule has 2 heterocycles. The summed E-state index contributed by atoms with van der Waals surface area (Å²) in [7, 11) is 0. The highest BCUT2D eigenvalue weighted by atomic mass is 16.2. The largest absolute Gasteiger partial charge is 0.354 e. The zero-order valence-corrected chi connectivity index (χ0v) is 10.5. The third kappa shape index (κ3) is 2.85. The van der Waals surface area contributed by atoms with Crippen LogP contribution in [-0.2, 0) is 4.79 Å². The summed E-state index contributed by atoms with van der Waals surface area (Å²) in [4.78, 5) is 27.0. The standard InChI is InChI=1S/C11H17N5O2/c1-6(2)9-14-10(16-15-9)11(18)13-7-3-4-8(17)12-5-7/h6-7H,3-5H2,1-2H3,(H,12,17)(H,13,18)(H,14,15,16). The second kappa shape index (κ2) is 5.16. The second-order valence-corrected chi connectivity index (χ2v) is 4.71. The Bertz CT molecular complexity index is 444. The summed E-state index contributed by atoms with van der Waals surface area (Å²) in [5.41, 5.74) is 0. The van der Waals surface area contributed by atoms with Crippen molar-refractivity contribution in [1.29, 1.82) is 0 Å². The van der Waals surface area contributed by atoms with Gasteiger partial charge in [0.2, 0.25) is 11.7 Å². The molecule has 0 aliphatic carbocycles. The molecule has 3 N–H and O–H groups in total. The van der Waals surface area contributed by atoms with Gasteiger partial charge < -0.3 is 10.6 Å². The van der Waals surface area contributed by atoms with E-state index < -0.39 is 0 Å². The molecular formula is C11H17N5O2. The number of hydrogen-bond donors (Lipinski definition) is 3. The number of carbonyl (C=O) groups is 2. The Morgan fingerprint density at radius 1 is 1.50 bits per heavy atom. The number of carbonyl (C=O) groups excluding carboxylic acids is 2. The van der Waals surface area contributed by atoms with Crippen LogP contribution in [0.2, 0.25) is 0 Å². The molecule has 2 rings (SSSR count). The molecule has 1 unspecified atom stereocenters. The highest BCUT2D eigenvalue weighted by molar-refractivity contribution is 5.90. The second-order valence-electron chi connectivity index (χ2n) is 4.71. The van der Waals surface area contributed by atoms with Crippen LogP contribution in [0.5, 0.6) is 0 Å². The molecule has 0 spiro atoms. The predicted molar refractivity (Wildman–Crippen MR) is 64.0 cm³/mol. The van der Waals surface area contributed by atoms with Gasteiger partial charge in [0.15, 0.2) is 0 Å². The molecule has 0 aromatic carbocycles. The Kier molecular flexibility index (Phi) is 3.59. The van der Waals surface area contributed by atoms with Crippen LogP contribution in [0.25, 0.3) is 0 Å². The lowest BCUT2D eigenvalue weighted by Gasteiger charge is -2.22. The molecule has 0 bridgehead atoms. The van der Waals surface area contributed by atoms with Gasteiger partial charge in [0, 0.05) is 24.9 Å². The van der Waals surface area contributed by atoms with Gasteiger partial charge in [-0.25, -0.2) is 4.98 Å². The van der Waals surface area contributed by atoms with Crippen molar-refractivity contribution >= 4 is 11.8 Å². The van der Waals surface area contributed by atoms with Crippen molar-refractivity contribution in [2.75, 3.05) is 6.54 Å². The van der Waals surface area contributed by atoms with E-state index in [0.29, 0.717) is 25.2 Å². The van der Waals surface area contributed by atoms with Gasteiger partial charge in [-0.1, -0.05) is 13.8 Å². The maximum atomic E-state index is 11.9. The van der Waals surface area contributed by atoms with Crippen LogP contribution in [0.1, 0.15) is 49.1 Å². The summed E-state index contributed by atoms with van der Waals surface area (Å²) in [5, 5.41) is 12.1. The third-order valence-electron chi connectivity index (χ3n) is 2.85. The van der Waals surface area contributed by atoms with Gasteiger partial charge in [0.1, 0.15) is 5.82 Å². The summed E-state index contributed by atoms with van der Waals surface area (Å²) in [6, 6.07) is -0.0452. The SMILES string of the molecule is CC(C)c1nc(C(=O)NC2CCC(=O)NC2)n[nH]1. The van der Waals surface area contributed by atoms with Crippen molar-refractivity contribution in [3.8, 4) is 0 Å². The van der Waals surface area contributed by atoms with Crippen molar-refractivity contribution in [2.45, 2.75) is 38.6 Å². The van der Waals surface area contributed by atoms with Gasteiger partial charge in [-0.2, -0.15) is 0 Å². The minimum atomic E-state index is -0.306. The fourth-order valence-electron chi connectivity index (χ4n) is 1.74. The summed E-state index contributed by atoms with van der Waals surface area (Å²) >= 11 is 0. The molecular weight excluding hydrogens is 234 g/mol. The van der Waals surface area contributed by atoms with Gasteiger partial charge in [-0.15, -0.1) is 5.10 Å². The molecule has 98 valence electrons. The van der Waals surface area contributed by atoms with Gasteiger partial charge in [0.05, 0.1) is 0 Å². The van der Waals surface area contributed by atoms with Crippen LogP contribution in [0, 0.1) is 0 Å². The topological polar surface area (TPSA) is 99.8 Å². The van der Waals surface area contributed by atoms with E-state index in [1.807, 2.05) is 13.8 Å². The van der Waals surface area contributed by atoms with Crippen LogP contribution >= 0.6 is 0 Å². The molecule has 0 radical (unpaired) electrons.